The fraction of sp³-hybridized carbons (Fsp3) is 0.0667. The van der Waals surface area contributed by atoms with E-state index in [1.807, 2.05) is 30.3 Å². The minimum Gasteiger partial charge on any atom is -0.483 e. The quantitative estimate of drug-likeness (QED) is 0.528. The van der Waals surface area contributed by atoms with Gasteiger partial charge in [0.25, 0.3) is 5.91 Å². The van der Waals surface area contributed by atoms with Gasteiger partial charge in [-0.15, -0.1) is 0 Å². The number of hydrogen-bond acceptors (Lipinski definition) is 3. The molecule has 0 saturated heterocycles. The molecule has 2 aromatic rings. The van der Waals surface area contributed by atoms with Gasteiger partial charge in [0.15, 0.2) is 11.7 Å². The van der Waals surface area contributed by atoms with Crippen LogP contribution in [-0.2, 0) is 4.79 Å². The van der Waals surface area contributed by atoms with E-state index < -0.39 is 0 Å². The Morgan fingerprint density at radius 3 is 2.61 bits per heavy atom. The average molecular weight is 415 g/mol. The van der Waals surface area contributed by atoms with Crippen LogP contribution in [0.5, 0.6) is 5.75 Å². The zero-order chi connectivity index (χ0) is 16.7. The first-order chi connectivity index (χ1) is 11.0. The summed E-state index contributed by atoms with van der Waals surface area (Å²) in [6.07, 6.45) is 0. The molecular formula is C15H13BrClN3O2S. The summed E-state index contributed by atoms with van der Waals surface area (Å²) in [5.41, 5.74) is 5.86. The smallest absolute Gasteiger partial charge is 0.276 e. The van der Waals surface area contributed by atoms with Crippen LogP contribution in [-0.4, -0.2) is 17.6 Å². The maximum Gasteiger partial charge on any atom is 0.276 e. The van der Waals surface area contributed by atoms with Crippen molar-refractivity contribution in [1.82, 2.24) is 10.9 Å². The second kappa shape index (κ2) is 8.71. The van der Waals surface area contributed by atoms with Gasteiger partial charge in [0.1, 0.15) is 5.75 Å². The van der Waals surface area contributed by atoms with E-state index in [1.165, 1.54) is 0 Å². The van der Waals surface area contributed by atoms with Gasteiger partial charge in [-0.3, -0.25) is 15.6 Å². The lowest BCUT2D eigenvalue weighted by Gasteiger charge is -2.12. The van der Waals surface area contributed by atoms with Gasteiger partial charge in [-0.2, -0.15) is 0 Å². The Hall–Kier alpha value is -1.83. The first-order valence-electron chi connectivity index (χ1n) is 6.53. The van der Waals surface area contributed by atoms with Crippen LogP contribution in [0.3, 0.4) is 0 Å². The molecule has 0 aliphatic rings. The largest absolute Gasteiger partial charge is 0.483 e. The van der Waals surface area contributed by atoms with Crippen LogP contribution >= 0.6 is 39.7 Å². The number of anilines is 1. The number of hydrogen-bond donors (Lipinski definition) is 3. The fourth-order valence-electron chi connectivity index (χ4n) is 1.58. The van der Waals surface area contributed by atoms with Gasteiger partial charge in [0.05, 0.1) is 4.47 Å². The Bertz CT molecular complexity index is 700. The monoisotopic (exact) mass is 413 g/mol. The molecule has 0 unspecified atom stereocenters. The molecule has 2 aromatic carbocycles. The molecule has 0 aliphatic heterocycles. The topological polar surface area (TPSA) is 62.4 Å². The first kappa shape index (κ1) is 17.5. The van der Waals surface area contributed by atoms with Gasteiger partial charge < -0.3 is 10.1 Å². The number of ether oxygens (including phenoxy) is 1. The third-order valence-electron chi connectivity index (χ3n) is 2.60. The molecule has 0 atom stereocenters. The van der Waals surface area contributed by atoms with Crippen molar-refractivity contribution < 1.29 is 9.53 Å². The third kappa shape index (κ3) is 6.05. The number of thiocarbonyl (C=S) groups is 1. The van der Waals surface area contributed by atoms with Gasteiger partial charge in [0, 0.05) is 10.7 Å². The molecule has 0 bridgehead atoms. The van der Waals surface area contributed by atoms with E-state index in [-0.39, 0.29) is 17.6 Å². The van der Waals surface area contributed by atoms with Crippen LogP contribution in [0.25, 0.3) is 0 Å². The average Bonchev–Trinajstić information content (AvgIpc) is 2.53. The summed E-state index contributed by atoms with van der Waals surface area (Å²) in [6.45, 7) is -0.165. The summed E-state index contributed by atoms with van der Waals surface area (Å²) in [5.74, 6) is 0.151. The predicted octanol–water partition coefficient (Wildman–Crippen LogP) is 3.50. The molecule has 0 aromatic heterocycles. The lowest BCUT2D eigenvalue weighted by Crippen LogP contribution is -2.45. The zero-order valence-electron chi connectivity index (χ0n) is 11.8. The number of amides is 1. The number of hydrazine groups is 1. The van der Waals surface area contributed by atoms with Gasteiger partial charge in [-0.25, -0.2) is 0 Å². The molecule has 0 heterocycles. The second-order valence-electron chi connectivity index (χ2n) is 4.36. The molecule has 120 valence electrons. The van der Waals surface area contributed by atoms with E-state index >= 15 is 0 Å². The van der Waals surface area contributed by atoms with Crippen molar-refractivity contribution in [2.24, 2.45) is 0 Å². The van der Waals surface area contributed by atoms with Crippen molar-refractivity contribution in [2.45, 2.75) is 0 Å². The Balaban J connectivity index is 1.73. The third-order valence-corrected chi connectivity index (χ3v) is 3.66. The number of rotatable bonds is 4. The van der Waals surface area contributed by atoms with Crippen LogP contribution in [0, 0.1) is 0 Å². The molecule has 3 N–H and O–H groups in total. The minimum atomic E-state index is -0.371. The molecular weight excluding hydrogens is 402 g/mol. The van der Waals surface area contributed by atoms with Crippen molar-refractivity contribution in [3.63, 3.8) is 0 Å². The summed E-state index contributed by atoms with van der Waals surface area (Å²) >= 11 is 14.2. The molecule has 8 heteroatoms. The van der Waals surface area contributed by atoms with E-state index in [9.17, 15) is 4.79 Å². The second-order valence-corrected chi connectivity index (χ2v) is 6.06. The molecule has 0 aliphatic carbocycles. The van der Waals surface area contributed by atoms with Crippen molar-refractivity contribution in [2.75, 3.05) is 11.9 Å². The summed E-state index contributed by atoms with van der Waals surface area (Å²) < 4.78 is 6.06. The van der Waals surface area contributed by atoms with E-state index in [0.29, 0.717) is 15.2 Å². The summed E-state index contributed by atoms with van der Waals surface area (Å²) in [4.78, 5) is 11.7. The summed E-state index contributed by atoms with van der Waals surface area (Å²) in [5, 5.41) is 3.78. The lowest BCUT2D eigenvalue weighted by atomic mass is 10.3. The number of para-hydroxylation sites is 1. The van der Waals surface area contributed by atoms with Gasteiger partial charge in [0.2, 0.25) is 0 Å². The maximum atomic E-state index is 11.7. The summed E-state index contributed by atoms with van der Waals surface area (Å²) in [7, 11) is 0. The molecule has 0 saturated carbocycles. The standard InChI is InChI=1S/C15H13BrClN3O2S/c16-12-8-10(17)6-7-13(12)22-9-14(21)19-20-15(23)18-11-4-2-1-3-5-11/h1-8H,9H2,(H,19,21)(H2,18,20,23). The first-order valence-corrected chi connectivity index (χ1v) is 8.11. The Kier molecular flexibility index (Phi) is 6.64. The van der Waals surface area contributed by atoms with Crippen LogP contribution in [0.15, 0.2) is 53.0 Å². The van der Waals surface area contributed by atoms with Crippen LogP contribution < -0.4 is 20.9 Å². The number of benzene rings is 2. The van der Waals surface area contributed by atoms with Crippen LogP contribution in [0.1, 0.15) is 0 Å². The van der Waals surface area contributed by atoms with E-state index in [4.69, 9.17) is 28.6 Å². The van der Waals surface area contributed by atoms with E-state index in [2.05, 4.69) is 32.1 Å². The highest BCUT2D eigenvalue weighted by Gasteiger charge is 2.06. The SMILES string of the molecule is O=C(COc1ccc(Cl)cc1Br)NNC(=S)Nc1ccccc1. The molecule has 23 heavy (non-hydrogen) atoms. The van der Waals surface area contributed by atoms with Crippen LogP contribution in [0.4, 0.5) is 5.69 Å². The maximum absolute atomic E-state index is 11.7. The van der Waals surface area contributed by atoms with E-state index in [0.717, 1.165) is 5.69 Å². The number of carbonyl (C=O) groups is 1. The van der Waals surface area contributed by atoms with Crippen molar-refractivity contribution in [1.29, 1.82) is 0 Å². The van der Waals surface area contributed by atoms with Crippen molar-refractivity contribution >= 4 is 56.5 Å². The summed E-state index contributed by atoms with van der Waals surface area (Å²) in [6, 6.07) is 14.4. The van der Waals surface area contributed by atoms with Gasteiger partial charge in [-0.1, -0.05) is 29.8 Å². The minimum absolute atomic E-state index is 0.165. The number of halogens is 2. The molecule has 0 radical (unpaired) electrons. The number of nitrogens with one attached hydrogen (secondary N) is 3. The highest BCUT2D eigenvalue weighted by molar-refractivity contribution is 9.10. The molecule has 5 nitrogen and oxygen atoms in total. The van der Waals surface area contributed by atoms with Gasteiger partial charge in [-0.05, 0) is 58.5 Å². The zero-order valence-corrected chi connectivity index (χ0v) is 15.0. The highest BCUT2D eigenvalue weighted by Crippen LogP contribution is 2.27. The van der Waals surface area contributed by atoms with E-state index in [1.54, 1.807) is 18.2 Å². The Morgan fingerprint density at radius 1 is 1.17 bits per heavy atom. The highest BCUT2D eigenvalue weighted by atomic mass is 79.9. The normalized spacial score (nSPS) is 9.83. The molecule has 0 spiro atoms. The van der Waals surface area contributed by atoms with Crippen molar-refractivity contribution in [3.05, 3.63) is 58.0 Å². The van der Waals surface area contributed by atoms with Gasteiger partial charge >= 0.3 is 0 Å². The lowest BCUT2D eigenvalue weighted by molar-refractivity contribution is -0.123. The molecule has 2 rings (SSSR count). The fourth-order valence-corrected chi connectivity index (χ4v) is 2.55. The predicted molar refractivity (Wildman–Crippen MR) is 98.6 cm³/mol. The number of carbonyl (C=O) groups excluding carboxylic acids is 1. The van der Waals surface area contributed by atoms with Crippen molar-refractivity contribution in [3.8, 4) is 5.75 Å². The molecule has 0 fully saturated rings. The molecule has 1 amide bonds. The Labute approximate surface area is 152 Å². The Morgan fingerprint density at radius 2 is 1.91 bits per heavy atom. The van der Waals surface area contributed by atoms with Crippen LogP contribution in [0.2, 0.25) is 5.02 Å².